The molecule has 0 bridgehead atoms. The molecule has 1 atom stereocenters. The number of hydrogen-bond acceptors (Lipinski definition) is 2. The van der Waals surface area contributed by atoms with E-state index in [0.717, 1.165) is 29.0 Å². The normalized spacial score (nSPS) is 20.5. The first-order valence-corrected chi connectivity index (χ1v) is 7.47. The van der Waals surface area contributed by atoms with E-state index in [0.29, 0.717) is 0 Å². The smallest absolute Gasteiger partial charge is 0.0973 e. The fourth-order valence-electron chi connectivity index (χ4n) is 3.22. The first-order chi connectivity index (χ1) is 8.97. The molecule has 1 unspecified atom stereocenters. The van der Waals surface area contributed by atoms with Gasteiger partial charge in [-0.25, -0.2) is 0 Å². The van der Waals surface area contributed by atoms with Crippen molar-refractivity contribution in [3.05, 3.63) is 34.3 Å². The van der Waals surface area contributed by atoms with Gasteiger partial charge in [-0.1, -0.05) is 43.0 Å². The Kier molecular flexibility index (Phi) is 4.54. The molecule has 1 aliphatic rings. The Bertz CT molecular complexity index is 438. The summed E-state index contributed by atoms with van der Waals surface area (Å²) >= 11 is 6.20. The van der Waals surface area contributed by atoms with Crippen molar-refractivity contribution in [3.8, 4) is 0 Å². The molecule has 0 spiro atoms. The standard InChI is InChI=1S/C16H24ClNO/c1-12-7-8-13(11-14(12)17)15(19)16(18(2)3)9-5-4-6-10-16/h7-8,11,15,19H,4-6,9-10H2,1-3H3. The summed E-state index contributed by atoms with van der Waals surface area (Å²) in [6.07, 6.45) is 5.28. The van der Waals surface area contributed by atoms with E-state index < -0.39 is 6.10 Å². The largest absolute Gasteiger partial charge is 0.386 e. The highest BCUT2D eigenvalue weighted by Gasteiger charge is 2.41. The number of aliphatic hydroxyl groups excluding tert-OH is 1. The summed E-state index contributed by atoms with van der Waals surface area (Å²) in [4.78, 5) is 2.20. The molecule has 0 heterocycles. The van der Waals surface area contributed by atoms with E-state index >= 15 is 0 Å². The van der Waals surface area contributed by atoms with Crippen molar-refractivity contribution in [2.24, 2.45) is 0 Å². The molecule has 1 saturated carbocycles. The van der Waals surface area contributed by atoms with Crippen LogP contribution in [0.25, 0.3) is 0 Å². The first kappa shape index (κ1) is 14.8. The van der Waals surface area contributed by atoms with E-state index in [1.165, 1.54) is 19.3 Å². The van der Waals surface area contributed by atoms with Crippen LogP contribution < -0.4 is 0 Å². The molecule has 0 aromatic heterocycles. The van der Waals surface area contributed by atoms with Crippen LogP contribution in [0.3, 0.4) is 0 Å². The molecule has 1 aromatic rings. The molecule has 3 heteroatoms. The average molecular weight is 282 g/mol. The van der Waals surface area contributed by atoms with Gasteiger partial charge in [0.15, 0.2) is 0 Å². The Morgan fingerprint density at radius 3 is 2.37 bits per heavy atom. The van der Waals surface area contributed by atoms with Crippen LogP contribution in [0.15, 0.2) is 18.2 Å². The molecule has 0 saturated heterocycles. The minimum absolute atomic E-state index is 0.142. The van der Waals surface area contributed by atoms with Gasteiger partial charge in [0.05, 0.1) is 11.6 Å². The second-order valence-corrected chi connectivity index (χ2v) is 6.38. The van der Waals surface area contributed by atoms with Crippen molar-refractivity contribution < 1.29 is 5.11 Å². The molecule has 19 heavy (non-hydrogen) atoms. The van der Waals surface area contributed by atoms with Crippen LogP contribution in [0.1, 0.15) is 49.3 Å². The van der Waals surface area contributed by atoms with E-state index in [1.54, 1.807) is 0 Å². The first-order valence-electron chi connectivity index (χ1n) is 7.09. The van der Waals surface area contributed by atoms with E-state index in [1.807, 2.05) is 25.1 Å². The predicted molar refractivity (Wildman–Crippen MR) is 80.7 cm³/mol. The van der Waals surface area contributed by atoms with E-state index in [4.69, 9.17) is 11.6 Å². The molecule has 1 N–H and O–H groups in total. The third-order valence-electron chi connectivity index (χ3n) is 4.63. The minimum atomic E-state index is -0.471. The van der Waals surface area contributed by atoms with Gasteiger partial charge in [-0.05, 0) is 51.1 Å². The molecule has 1 aromatic carbocycles. The zero-order valence-electron chi connectivity index (χ0n) is 12.1. The fraction of sp³-hybridized carbons (Fsp3) is 0.625. The lowest BCUT2D eigenvalue weighted by Crippen LogP contribution is -2.50. The Morgan fingerprint density at radius 2 is 1.84 bits per heavy atom. The molecular weight excluding hydrogens is 258 g/mol. The van der Waals surface area contributed by atoms with Gasteiger partial charge in [0.2, 0.25) is 0 Å². The van der Waals surface area contributed by atoms with Crippen LogP contribution >= 0.6 is 11.6 Å². The van der Waals surface area contributed by atoms with Crippen molar-refractivity contribution in [3.63, 3.8) is 0 Å². The number of benzene rings is 1. The van der Waals surface area contributed by atoms with Crippen molar-refractivity contribution >= 4 is 11.6 Å². The third kappa shape index (κ3) is 2.81. The van der Waals surface area contributed by atoms with Crippen LogP contribution in [0.2, 0.25) is 5.02 Å². The third-order valence-corrected chi connectivity index (χ3v) is 5.04. The molecular formula is C16H24ClNO. The van der Waals surface area contributed by atoms with Crippen LogP contribution in [-0.4, -0.2) is 29.6 Å². The molecule has 0 radical (unpaired) electrons. The zero-order valence-corrected chi connectivity index (χ0v) is 12.9. The van der Waals surface area contributed by atoms with Gasteiger partial charge in [0.1, 0.15) is 0 Å². The fourth-order valence-corrected chi connectivity index (χ4v) is 3.41. The molecule has 1 fully saturated rings. The lowest BCUT2D eigenvalue weighted by molar-refractivity contribution is -0.0335. The second-order valence-electron chi connectivity index (χ2n) is 5.97. The van der Waals surface area contributed by atoms with Gasteiger partial charge in [-0.2, -0.15) is 0 Å². The number of aryl methyl sites for hydroxylation is 1. The van der Waals surface area contributed by atoms with E-state index in [2.05, 4.69) is 19.0 Å². The zero-order chi connectivity index (χ0) is 14.0. The van der Waals surface area contributed by atoms with Crippen molar-refractivity contribution in [1.82, 2.24) is 4.90 Å². The van der Waals surface area contributed by atoms with Gasteiger partial charge in [-0.3, -0.25) is 0 Å². The highest BCUT2D eigenvalue weighted by atomic mass is 35.5. The predicted octanol–water partition coefficient (Wildman–Crippen LogP) is 3.95. The van der Waals surface area contributed by atoms with Crippen LogP contribution in [0.5, 0.6) is 0 Å². The SMILES string of the molecule is Cc1ccc(C(O)C2(N(C)C)CCCCC2)cc1Cl. The summed E-state index contributed by atoms with van der Waals surface area (Å²) in [5.41, 5.74) is 1.85. The molecule has 2 nitrogen and oxygen atoms in total. The Balaban J connectivity index is 2.33. The number of aliphatic hydroxyl groups is 1. The average Bonchev–Trinajstić information content (AvgIpc) is 2.41. The number of likely N-dealkylation sites (N-methyl/N-ethyl adjacent to an activating group) is 1. The van der Waals surface area contributed by atoms with E-state index in [9.17, 15) is 5.11 Å². The molecule has 2 rings (SSSR count). The van der Waals surface area contributed by atoms with Crippen molar-refractivity contribution in [2.45, 2.75) is 50.7 Å². The quantitative estimate of drug-likeness (QED) is 0.907. The topological polar surface area (TPSA) is 23.5 Å². The van der Waals surface area contributed by atoms with Crippen molar-refractivity contribution in [2.75, 3.05) is 14.1 Å². The molecule has 0 amide bonds. The maximum atomic E-state index is 10.9. The summed E-state index contributed by atoms with van der Waals surface area (Å²) in [5.74, 6) is 0. The minimum Gasteiger partial charge on any atom is -0.386 e. The maximum absolute atomic E-state index is 10.9. The van der Waals surface area contributed by atoms with Gasteiger partial charge in [-0.15, -0.1) is 0 Å². The summed E-state index contributed by atoms with van der Waals surface area (Å²) in [5, 5.41) is 11.6. The van der Waals surface area contributed by atoms with Gasteiger partial charge in [0, 0.05) is 5.02 Å². The van der Waals surface area contributed by atoms with Gasteiger partial charge in [0.25, 0.3) is 0 Å². The Labute approximate surface area is 121 Å². The second kappa shape index (κ2) is 5.82. The number of hydrogen-bond donors (Lipinski definition) is 1. The van der Waals surface area contributed by atoms with Gasteiger partial charge >= 0.3 is 0 Å². The highest BCUT2D eigenvalue weighted by Crippen LogP contribution is 2.42. The molecule has 1 aliphatic carbocycles. The Morgan fingerprint density at radius 1 is 1.21 bits per heavy atom. The summed E-state index contributed by atoms with van der Waals surface area (Å²) < 4.78 is 0. The number of halogens is 1. The monoisotopic (exact) mass is 281 g/mol. The number of nitrogens with zero attached hydrogens (tertiary/aromatic N) is 1. The highest BCUT2D eigenvalue weighted by molar-refractivity contribution is 6.31. The lowest BCUT2D eigenvalue weighted by Gasteiger charge is -2.46. The van der Waals surface area contributed by atoms with Crippen molar-refractivity contribution in [1.29, 1.82) is 0 Å². The Hall–Kier alpha value is -0.570. The number of rotatable bonds is 3. The van der Waals surface area contributed by atoms with Crippen LogP contribution in [-0.2, 0) is 0 Å². The van der Waals surface area contributed by atoms with Crippen LogP contribution in [0.4, 0.5) is 0 Å². The van der Waals surface area contributed by atoms with Gasteiger partial charge < -0.3 is 10.0 Å². The summed E-state index contributed by atoms with van der Waals surface area (Å²) in [7, 11) is 4.15. The summed E-state index contributed by atoms with van der Waals surface area (Å²) in [6.45, 7) is 1.99. The maximum Gasteiger partial charge on any atom is 0.0973 e. The summed E-state index contributed by atoms with van der Waals surface area (Å²) in [6, 6.07) is 5.92. The molecule has 106 valence electrons. The van der Waals surface area contributed by atoms with Crippen LogP contribution in [0, 0.1) is 6.92 Å². The lowest BCUT2D eigenvalue weighted by atomic mass is 9.74. The van der Waals surface area contributed by atoms with E-state index in [-0.39, 0.29) is 5.54 Å². The molecule has 0 aliphatic heterocycles.